The van der Waals surface area contributed by atoms with E-state index in [-0.39, 0.29) is 5.91 Å². The highest BCUT2D eigenvalue weighted by Gasteiger charge is 2.29. The van der Waals surface area contributed by atoms with Crippen LogP contribution in [0, 0.1) is 0 Å². The number of nitrogens with zero attached hydrogens (tertiary/aromatic N) is 1. The van der Waals surface area contributed by atoms with Gasteiger partial charge in [-0.05, 0) is 53.2 Å². The maximum Gasteiger partial charge on any atom is 0.266 e. The second-order valence-electron chi connectivity index (χ2n) is 4.44. The topological polar surface area (TPSA) is 32.3 Å². The van der Waals surface area contributed by atoms with Gasteiger partial charge in [-0.3, -0.25) is 9.69 Å². The van der Waals surface area contributed by atoms with Crippen LogP contribution in [0.1, 0.15) is 17.3 Å². The Labute approximate surface area is 126 Å². The smallest absolute Gasteiger partial charge is 0.266 e. The van der Waals surface area contributed by atoms with Crippen molar-refractivity contribution in [3.63, 3.8) is 0 Å². The molecule has 3 rings (SSSR count). The van der Waals surface area contributed by atoms with Crippen LogP contribution in [0.4, 0.5) is 11.4 Å². The van der Waals surface area contributed by atoms with Crippen molar-refractivity contribution >= 4 is 33.2 Å². The van der Waals surface area contributed by atoms with E-state index < -0.39 is 0 Å². The molecule has 20 heavy (non-hydrogen) atoms. The van der Waals surface area contributed by atoms with Gasteiger partial charge < -0.3 is 5.32 Å². The number of carbonyl (C=O) groups excluding carboxylic acids is 1. The minimum absolute atomic E-state index is 0.0284. The summed E-state index contributed by atoms with van der Waals surface area (Å²) in [5.41, 5.74) is 2.34. The zero-order valence-corrected chi connectivity index (χ0v) is 12.5. The molecule has 1 heterocycles. The van der Waals surface area contributed by atoms with Gasteiger partial charge in [-0.15, -0.1) is 0 Å². The van der Waals surface area contributed by atoms with E-state index in [0.29, 0.717) is 5.56 Å². The molecular weight excluding hydrogens is 316 g/mol. The molecule has 1 aliphatic rings. The maximum absolute atomic E-state index is 12.8. The van der Waals surface area contributed by atoms with Crippen LogP contribution < -0.4 is 10.2 Å². The van der Waals surface area contributed by atoms with E-state index in [0.717, 1.165) is 21.7 Å². The first kappa shape index (κ1) is 12.9. The number of hydrogen-bond acceptors (Lipinski definition) is 2. The van der Waals surface area contributed by atoms with Gasteiger partial charge in [0, 0.05) is 4.47 Å². The van der Waals surface area contributed by atoms with Crippen LogP contribution in [-0.2, 0) is 0 Å². The van der Waals surface area contributed by atoms with E-state index in [1.807, 2.05) is 61.5 Å². The second-order valence-corrected chi connectivity index (χ2v) is 5.29. The molecule has 0 aliphatic carbocycles. The first-order valence-corrected chi connectivity index (χ1v) is 7.13. The fourth-order valence-electron chi connectivity index (χ4n) is 2.28. The Balaban J connectivity index is 2.16. The van der Waals surface area contributed by atoms with Crippen LogP contribution in [0.5, 0.6) is 0 Å². The third-order valence-electron chi connectivity index (χ3n) is 3.23. The SMILES string of the molecule is C/C=C1/Nc2ccccc2C(=O)N1c1ccccc1Br. The van der Waals surface area contributed by atoms with Crippen LogP contribution in [0.2, 0.25) is 0 Å². The summed E-state index contributed by atoms with van der Waals surface area (Å²) < 4.78 is 0.883. The number of rotatable bonds is 1. The van der Waals surface area contributed by atoms with Gasteiger partial charge in [0.25, 0.3) is 5.91 Å². The molecule has 2 aromatic carbocycles. The summed E-state index contributed by atoms with van der Waals surface area (Å²) in [5.74, 6) is 0.736. The molecule has 0 radical (unpaired) electrons. The summed E-state index contributed by atoms with van der Waals surface area (Å²) in [6, 6.07) is 15.2. The van der Waals surface area contributed by atoms with Crippen LogP contribution in [0.15, 0.2) is 64.9 Å². The third-order valence-corrected chi connectivity index (χ3v) is 3.90. The lowest BCUT2D eigenvalue weighted by molar-refractivity contribution is 0.0993. The minimum Gasteiger partial charge on any atom is -0.341 e. The Bertz CT molecular complexity index is 709. The molecular formula is C16H13BrN2O. The number of fused-ring (bicyclic) bond motifs is 1. The van der Waals surface area contributed by atoms with Gasteiger partial charge in [0.1, 0.15) is 5.82 Å². The quantitative estimate of drug-likeness (QED) is 0.842. The highest BCUT2D eigenvalue weighted by molar-refractivity contribution is 9.10. The number of benzene rings is 2. The van der Waals surface area contributed by atoms with Crippen molar-refractivity contribution in [2.24, 2.45) is 0 Å². The minimum atomic E-state index is -0.0284. The van der Waals surface area contributed by atoms with Gasteiger partial charge in [0.15, 0.2) is 0 Å². The lowest BCUT2D eigenvalue weighted by Crippen LogP contribution is -2.38. The zero-order chi connectivity index (χ0) is 14.1. The number of allylic oxidation sites excluding steroid dienone is 1. The first-order chi connectivity index (χ1) is 9.72. The van der Waals surface area contributed by atoms with Crippen molar-refractivity contribution in [1.82, 2.24) is 0 Å². The average molecular weight is 329 g/mol. The number of amides is 1. The zero-order valence-electron chi connectivity index (χ0n) is 10.9. The maximum atomic E-state index is 12.8. The molecule has 0 saturated heterocycles. The summed E-state index contributed by atoms with van der Waals surface area (Å²) in [6.45, 7) is 1.91. The number of anilines is 2. The van der Waals surface area contributed by atoms with Gasteiger partial charge in [-0.2, -0.15) is 0 Å². The Morgan fingerprint density at radius 3 is 2.55 bits per heavy atom. The molecule has 100 valence electrons. The van der Waals surface area contributed by atoms with Crippen molar-refractivity contribution in [1.29, 1.82) is 0 Å². The van der Waals surface area contributed by atoms with E-state index in [1.165, 1.54) is 0 Å². The molecule has 0 saturated carbocycles. The molecule has 1 N–H and O–H groups in total. The lowest BCUT2D eigenvalue weighted by atomic mass is 10.1. The summed E-state index contributed by atoms with van der Waals surface area (Å²) >= 11 is 3.51. The highest BCUT2D eigenvalue weighted by Crippen LogP contribution is 2.34. The van der Waals surface area contributed by atoms with Gasteiger partial charge in [-0.1, -0.05) is 24.3 Å². The van der Waals surface area contributed by atoms with Gasteiger partial charge >= 0.3 is 0 Å². The summed E-state index contributed by atoms with van der Waals surface area (Å²) in [5, 5.41) is 3.30. The fraction of sp³-hybridized carbons (Fsp3) is 0.0625. The van der Waals surface area contributed by atoms with E-state index in [2.05, 4.69) is 21.2 Å². The van der Waals surface area contributed by atoms with Crippen molar-refractivity contribution in [2.75, 3.05) is 10.2 Å². The lowest BCUT2D eigenvalue weighted by Gasteiger charge is -2.32. The van der Waals surface area contributed by atoms with Crippen LogP contribution in [-0.4, -0.2) is 5.91 Å². The molecule has 1 amide bonds. The van der Waals surface area contributed by atoms with E-state index >= 15 is 0 Å². The number of halogens is 1. The molecule has 0 fully saturated rings. The molecule has 0 spiro atoms. The van der Waals surface area contributed by atoms with Crippen molar-refractivity contribution in [3.05, 3.63) is 70.5 Å². The van der Waals surface area contributed by atoms with Gasteiger partial charge in [0.05, 0.1) is 16.9 Å². The molecule has 4 heteroatoms. The monoisotopic (exact) mass is 328 g/mol. The predicted octanol–water partition coefficient (Wildman–Crippen LogP) is 4.38. The van der Waals surface area contributed by atoms with Crippen LogP contribution >= 0.6 is 15.9 Å². The Hall–Kier alpha value is -2.07. The number of hydrogen-bond donors (Lipinski definition) is 1. The predicted molar refractivity (Wildman–Crippen MR) is 84.8 cm³/mol. The van der Waals surface area contributed by atoms with Crippen molar-refractivity contribution < 1.29 is 4.79 Å². The molecule has 2 aromatic rings. The fourth-order valence-corrected chi connectivity index (χ4v) is 2.74. The number of para-hydroxylation sites is 2. The van der Waals surface area contributed by atoms with Crippen LogP contribution in [0.3, 0.4) is 0 Å². The molecule has 0 bridgehead atoms. The highest BCUT2D eigenvalue weighted by atomic mass is 79.9. The van der Waals surface area contributed by atoms with Crippen molar-refractivity contribution in [2.45, 2.75) is 6.92 Å². The Kier molecular flexibility index (Phi) is 3.32. The summed E-state index contributed by atoms with van der Waals surface area (Å²) in [6.07, 6.45) is 1.90. The van der Waals surface area contributed by atoms with E-state index in [1.54, 1.807) is 4.90 Å². The second kappa shape index (κ2) is 5.13. The summed E-state index contributed by atoms with van der Waals surface area (Å²) in [4.78, 5) is 14.4. The molecule has 0 aromatic heterocycles. The Morgan fingerprint density at radius 1 is 1.10 bits per heavy atom. The Morgan fingerprint density at radius 2 is 1.80 bits per heavy atom. The molecule has 1 aliphatic heterocycles. The van der Waals surface area contributed by atoms with E-state index in [4.69, 9.17) is 0 Å². The largest absolute Gasteiger partial charge is 0.341 e. The van der Waals surface area contributed by atoms with E-state index in [9.17, 15) is 4.79 Å². The van der Waals surface area contributed by atoms with Gasteiger partial charge in [-0.25, -0.2) is 0 Å². The van der Waals surface area contributed by atoms with Crippen molar-refractivity contribution in [3.8, 4) is 0 Å². The third kappa shape index (κ3) is 2.02. The first-order valence-electron chi connectivity index (χ1n) is 6.33. The normalized spacial score (nSPS) is 16.0. The van der Waals surface area contributed by atoms with Crippen LogP contribution in [0.25, 0.3) is 0 Å². The molecule has 3 nitrogen and oxygen atoms in total. The van der Waals surface area contributed by atoms with Gasteiger partial charge in [0.2, 0.25) is 0 Å². The standard InChI is InChI=1S/C16H13BrN2O/c1-2-15-18-13-9-5-3-7-11(13)16(20)19(15)14-10-6-4-8-12(14)17/h2-10,18H,1H3/b15-2-. The average Bonchev–Trinajstić information content (AvgIpc) is 2.48. The number of carbonyl (C=O) groups is 1. The molecule has 0 atom stereocenters. The summed E-state index contributed by atoms with van der Waals surface area (Å²) in [7, 11) is 0. The number of nitrogens with one attached hydrogen (secondary N) is 1. The molecule has 0 unspecified atom stereocenters.